The van der Waals surface area contributed by atoms with Gasteiger partial charge < -0.3 is 4.57 Å². The van der Waals surface area contributed by atoms with Crippen LogP contribution in [0.5, 0.6) is 0 Å². The van der Waals surface area contributed by atoms with Crippen LogP contribution in [0.25, 0.3) is 22.1 Å². The Kier molecular flexibility index (Phi) is 3.70. The normalized spacial score (nSPS) is 11.8. The first kappa shape index (κ1) is 14.8. The number of aromatic nitrogens is 4. The van der Waals surface area contributed by atoms with Crippen LogP contribution in [0.1, 0.15) is 17.4 Å². The highest BCUT2D eigenvalue weighted by Gasteiger charge is 2.13. The molecule has 1 aromatic carbocycles. The van der Waals surface area contributed by atoms with E-state index in [-0.39, 0.29) is 0 Å². The first-order chi connectivity index (χ1) is 11.8. The molecule has 0 aliphatic carbocycles. The third-order valence-electron chi connectivity index (χ3n) is 3.94. The van der Waals surface area contributed by atoms with Gasteiger partial charge in [-0.2, -0.15) is 10.1 Å². The standard InChI is InChI=1S/C17H16N6S/c1-3-23-13-7-5-4-6-12(13)15-16(23)19-17(22-20-15)21-18-10-14-11(2)8-9-24-14/h4-10H,3H2,1-2H3,(H,19,21,22)/b18-10+. The number of aryl methyl sites for hydroxylation is 2. The van der Waals surface area contributed by atoms with Crippen molar-refractivity contribution in [3.05, 3.63) is 46.2 Å². The quantitative estimate of drug-likeness (QED) is 0.454. The summed E-state index contributed by atoms with van der Waals surface area (Å²) in [5.41, 5.74) is 6.83. The molecule has 0 fully saturated rings. The summed E-state index contributed by atoms with van der Waals surface area (Å²) in [5, 5.41) is 15.8. The second-order valence-corrected chi connectivity index (χ2v) is 6.35. The summed E-state index contributed by atoms with van der Waals surface area (Å²) in [6.45, 7) is 4.97. The largest absolute Gasteiger partial charge is 0.324 e. The van der Waals surface area contributed by atoms with Crippen LogP contribution in [0.4, 0.5) is 5.95 Å². The Morgan fingerprint density at radius 2 is 2.12 bits per heavy atom. The molecule has 0 aliphatic heterocycles. The zero-order valence-electron chi connectivity index (χ0n) is 13.4. The van der Waals surface area contributed by atoms with E-state index in [0.29, 0.717) is 5.95 Å². The number of thiophene rings is 1. The fourth-order valence-electron chi connectivity index (χ4n) is 2.74. The maximum absolute atomic E-state index is 4.59. The van der Waals surface area contributed by atoms with Crippen molar-refractivity contribution < 1.29 is 0 Å². The SMILES string of the molecule is CCn1c2ccccc2c2nnc(N/N=C/c3sccc3C)nc21. The molecule has 0 bridgehead atoms. The number of rotatable bonds is 4. The predicted octanol–water partition coefficient (Wildman–Crippen LogP) is 3.82. The van der Waals surface area contributed by atoms with Gasteiger partial charge >= 0.3 is 0 Å². The van der Waals surface area contributed by atoms with Crippen molar-refractivity contribution in [2.45, 2.75) is 20.4 Å². The lowest BCUT2D eigenvalue weighted by atomic mass is 10.2. The minimum Gasteiger partial charge on any atom is -0.324 e. The number of hydrazone groups is 1. The zero-order valence-corrected chi connectivity index (χ0v) is 14.2. The van der Waals surface area contributed by atoms with E-state index in [2.05, 4.69) is 56.3 Å². The Morgan fingerprint density at radius 3 is 2.92 bits per heavy atom. The number of fused-ring (bicyclic) bond motifs is 3. The van der Waals surface area contributed by atoms with E-state index in [1.54, 1.807) is 17.6 Å². The van der Waals surface area contributed by atoms with Gasteiger partial charge in [0.1, 0.15) is 5.52 Å². The van der Waals surface area contributed by atoms with Gasteiger partial charge in [-0.1, -0.05) is 18.2 Å². The molecule has 4 aromatic rings. The van der Waals surface area contributed by atoms with Crippen LogP contribution < -0.4 is 5.43 Å². The van der Waals surface area contributed by atoms with Crippen LogP contribution in [0.2, 0.25) is 0 Å². The first-order valence-corrected chi connectivity index (χ1v) is 8.60. The summed E-state index contributed by atoms with van der Waals surface area (Å²) in [6, 6.07) is 10.2. The van der Waals surface area contributed by atoms with E-state index in [1.165, 1.54) is 5.56 Å². The summed E-state index contributed by atoms with van der Waals surface area (Å²) >= 11 is 1.65. The molecule has 0 aliphatic rings. The molecule has 3 aromatic heterocycles. The number of anilines is 1. The van der Waals surface area contributed by atoms with E-state index in [1.807, 2.05) is 23.6 Å². The van der Waals surface area contributed by atoms with Crippen LogP contribution in [0, 0.1) is 6.92 Å². The molecule has 0 saturated carbocycles. The second kappa shape index (κ2) is 6.01. The minimum atomic E-state index is 0.394. The van der Waals surface area contributed by atoms with Gasteiger partial charge in [0.25, 0.3) is 5.95 Å². The summed E-state index contributed by atoms with van der Waals surface area (Å²) in [5.74, 6) is 0.394. The van der Waals surface area contributed by atoms with Crippen LogP contribution in [-0.2, 0) is 6.54 Å². The Morgan fingerprint density at radius 1 is 1.25 bits per heavy atom. The third-order valence-corrected chi connectivity index (χ3v) is 4.89. The van der Waals surface area contributed by atoms with Crippen molar-refractivity contribution in [1.29, 1.82) is 0 Å². The number of hydrogen-bond donors (Lipinski definition) is 1. The molecule has 0 amide bonds. The minimum absolute atomic E-state index is 0.394. The van der Waals surface area contributed by atoms with Crippen molar-refractivity contribution in [3.63, 3.8) is 0 Å². The fourth-order valence-corrected chi connectivity index (χ4v) is 3.52. The molecule has 7 heteroatoms. The topological polar surface area (TPSA) is 68.0 Å². The van der Waals surface area contributed by atoms with Crippen LogP contribution in [0.3, 0.4) is 0 Å². The lowest BCUT2D eigenvalue weighted by Gasteiger charge is -2.02. The molecule has 120 valence electrons. The van der Waals surface area contributed by atoms with Crippen molar-refractivity contribution >= 4 is 45.6 Å². The molecule has 4 rings (SSSR count). The lowest BCUT2D eigenvalue weighted by molar-refractivity contribution is 0.811. The van der Waals surface area contributed by atoms with E-state index in [0.717, 1.165) is 33.5 Å². The zero-order chi connectivity index (χ0) is 16.5. The van der Waals surface area contributed by atoms with E-state index in [9.17, 15) is 0 Å². The fraction of sp³-hybridized carbons (Fsp3) is 0.176. The molecule has 0 spiro atoms. The monoisotopic (exact) mass is 336 g/mol. The van der Waals surface area contributed by atoms with Gasteiger partial charge in [-0.15, -0.1) is 21.5 Å². The Hall–Kier alpha value is -2.80. The molecule has 0 atom stereocenters. The Balaban J connectivity index is 1.71. The van der Waals surface area contributed by atoms with Gasteiger partial charge in [0.2, 0.25) is 0 Å². The number of benzene rings is 1. The summed E-state index contributed by atoms with van der Waals surface area (Å²) in [7, 11) is 0. The van der Waals surface area contributed by atoms with Gasteiger partial charge in [0.15, 0.2) is 5.65 Å². The second-order valence-electron chi connectivity index (χ2n) is 5.41. The van der Waals surface area contributed by atoms with Crippen LogP contribution in [0.15, 0.2) is 40.8 Å². The van der Waals surface area contributed by atoms with Crippen molar-refractivity contribution in [2.24, 2.45) is 5.10 Å². The molecule has 0 radical (unpaired) electrons. The van der Waals surface area contributed by atoms with Crippen LogP contribution >= 0.6 is 11.3 Å². The third kappa shape index (κ3) is 2.43. The molecule has 3 heterocycles. The number of nitrogens with one attached hydrogen (secondary N) is 1. The van der Waals surface area contributed by atoms with Gasteiger partial charge in [-0.3, -0.25) is 0 Å². The first-order valence-electron chi connectivity index (χ1n) is 7.72. The number of hydrogen-bond acceptors (Lipinski definition) is 6. The molecular weight excluding hydrogens is 320 g/mol. The maximum Gasteiger partial charge on any atom is 0.265 e. The number of nitrogens with zero attached hydrogens (tertiary/aromatic N) is 5. The van der Waals surface area contributed by atoms with Gasteiger partial charge in [0.05, 0.1) is 11.7 Å². The molecular formula is C17H16N6S. The van der Waals surface area contributed by atoms with Crippen LogP contribution in [-0.4, -0.2) is 26.0 Å². The molecule has 1 N–H and O–H groups in total. The molecule has 0 unspecified atom stereocenters. The van der Waals surface area contributed by atoms with E-state index in [4.69, 9.17) is 0 Å². The Bertz CT molecular complexity index is 1050. The maximum atomic E-state index is 4.59. The highest BCUT2D eigenvalue weighted by molar-refractivity contribution is 7.11. The summed E-state index contributed by atoms with van der Waals surface area (Å²) in [4.78, 5) is 5.70. The molecule has 6 nitrogen and oxygen atoms in total. The van der Waals surface area contributed by atoms with Crippen molar-refractivity contribution in [1.82, 2.24) is 19.7 Å². The van der Waals surface area contributed by atoms with Gasteiger partial charge in [-0.05, 0) is 36.9 Å². The highest BCUT2D eigenvalue weighted by Crippen LogP contribution is 2.26. The predicted molar refractivity (Wildman–Crippen MR) is 98.8 cm³/mol. The summed E-state index contributed by atoms with van der Waals surface area (Å²) < 4.78 is 2.14. The molecule has 0 saturated heterocycles. The van der Waals surface area contributed by atoms with Crippen molar-refractivity contribution in [2.75, 3.05) is 5.43 Å². The number of para-hydroxylation sites is 1. The smallest absolute Gasteiger partial charge is 0.265 e. The van der Waals surface area contributed by atoms with Gasteiger partial charge in [0, 0.05) is 16.8 Å². The van der Waals surface area contributed by atoms with E-state index < -0.39 is 0 Å². The Labute approximate surface area is 142 Å². The van der Waals surface area contributed by atoms with E-state index >= 15 is 0 Å². The van der Waals surface area contributed by atoms with Crippen molar-refractivity contribution in [3.8, 4) is 0 Å². The average Bonchev–Trinajstić information content (AvgIpc) is 3.15. The highest BCUT2D eigenvalue weighted by atomic mass is 32.1. The average molecular weight is 336 g/mol. The lowest BCUT2D eigenvalue weighted by Crippen LogP contribution is -2.02. The van der Waals surface area contributed by atoms with Gasteiger partial charge in [-0.25, -0.2) is 5.43 Å². The summed E-state index contributed by atoms with van der Waals surface area (Å²) in [6.07, 6.45) is 1.78. The molecule has 24 heavy (non-hydrogen) atoms.